The second-order valence-corrected chi connectivity index (χ2v) is 13.5. The van der Waals surface area contributed by atoms with Crippen LogP contribution in [0.4, 0.5) is 0 Å². The van der Waals surface area contributed by atoms with Crippen LogP contribution >= 0.6 is 0 Å². The molecule has 1 saturated heterocycles. The lowest BCUT2D eigenvalue weighted by atomic mass is 10.2. The first-order valence-electron chi connectivity index (χ1n) is 10.6. The van der Waals surface area contributed by atoms with Crippen molar-refractivity contribution in [2.24, 2.45) is 0 Å². The third-order valence-electron chi connectivity index (χ3n) is 5.33. The molecule has 0 bridgehead atoms. The third kappa shape index (κ3) is 6.59. The van der Waals surface area contributed by atoms with E-state index in [2.05, 4.69) is 69.1 Å². The van der Waals surface area contributed by atoms with E-state index >= 15 is 0 Å². The van der Waals surface area contributed by atoms with Crippen molar-refractivity contribution in [3.05, 3.63) is 54.6 Å². The molecular weight excluding hydrogens is 378 g/mol. The summed E-state index contributed by atoms with van der Waals surface area (Å²) in [4.78, 5) is 2.43. The number of benzene rings is 2. The molecule has 0 amide bonds. The van der Waals surface area contributed by atoms with E-state index in [0.29, 0.717) is 0 Å². The quantitative estimate of drug-likeness (QED) is 0.610. The van der Waals surface area contributed by atoms with Crippen molar-refractivity contribution in [1.82, 2.24) is 4.90 Å². The average molecular weight is 414 g/mol. The first-order valence-corrected chi connectivity index (χ1v) is 13.9. The Morgan fingerprint density at radius 2 is 1.55 bits per heavy atom. The van der Waals surface area contributed by atoms with Crippen molar-refractivity contribution in [3.63, 3.8) is 0 Å². The summed E-state index contributed by atoms with van der Waals surface area (Å²) < 4.78 is 18.1. The van der Waals surface area contributed by atoms with Crippen LogP contribution in [0.3, 0.4) is 0 Å². The number of rotatable bonds is 8. The largest absolute Gasteiger partial charge is 0.497 e. The minimum atomic E-state index is -1.61. The van der Waals surface area contributed by atoms with Gasteiger partial charge in [0.2, 0.25) is 0 Å². The van der Waals surface area contributed by atoms with E-state index in [1.54, 1.807) is 0 Å². The molecule has 0 aliphatic carbocycles. The van der Waals surface area contributed by atoms with Gasteiger partial charge in [-0.25, -0.2) is 0 Å². The SMILES string of the molecule is CC(CN1CC(C)OC(C)C1)Oc1ccc(OC[Si](C)(C)c2ccccc2)cc1. The summed E-state index contributed by atoms with van der Waals surface area (Å²) >= 11 is 0. The summed E-state index contributed by atoms with van der Waals surface area (Å²) in [6, 6.07) is 18.7. The molecule has 29 heavy (non-hydrogen) atoms. The zero-order valence-corrected chi connectivity index (χ0v) is 19.4. The molecule has 5 heteroatoms. The van der Waals surface area contributed by atoms with Gasteiger partial charge < -0.3 is 14.2 Å². The summed E-state index contributed by atoms with van der Waals surface area (Å²) in [5, 5.41) is 1.42. The molecule has 1 aliphatic rings. The molecule has 1 heterocycles. The fourth-order valence-electron chi connectivity index (χ4n) is 3.92. The Hall–Kier alpha value is -1.82. The van der Waals surface area contributed by atoms with Gasteiger partial charge in [0.05, 0.1) is 18.4 Å². The maximum atomic E-state index is 6.13. The van der Waals surface area contributed by atoms with Gasteiger partial charge in [-0.05, 0) is 45.0 Å². The van der Waals surface area contributed by atoms with E-state index in [1.165, 1.54) is 5.19 Å². The Bertz CT molecular complexity index is 740. The molecule has 3 unspecified atom stereocenters. The molecule has 4 nitrogen and oxygen atoms in total. The van der Waals surface area contributed by atoms with E-state index in [-0.39, 0.29) is 18.3 Å². The van der Waals surface area contributed by atoms with E-state index in [4.69, 9.17) is 14.2 Å². The zero-order valence-electron chi connectivity index (χ0n) is 18.4. The summed E-state index contributed by atoms with van der Waals surface area (Å²) in [6.45, 7) is 13.9. The minimum absolute atomic E-state index is 0.128. The molecular formula is C24H35NO3Si. The van der Waals surface area contributed by atoms with Gasteiger partial charge >= 0.3 is 0 Å². The summed E-state index contributed by atoms with van der Waals surface area (Å²) in [7, 11) is -1.61. The van der Waals surface area contributed by atoms with Gasteiger partial charge in [-0.1, -0.05) is 48.6 Å². The average Bonchev–Trinajstić information content (AvgIpc) is 2.67. The second-order valence-electron chi connectivity index (χ2n) is 8.91. The Balaban J connectivity index is 1.48. The summed E-state index contributed by atoms with van der Waals surface area (Å²) in [5.41, 5.74) is 0. The van der Waals surface area contributed by atoms with Crippen LogP contribution < -0.4 is 14.7 Å². The van der Waals surface area contributed by atoms with Gasteiger partial charge in [0.1, 0.15) is 25.7 Å². The minimum Gasteiger partial charge on any atom is -0.497 e. The smallest absolute Gasteiger partial charge is 0.124 e. The number of morpholine rings is 1. The number of nitrogens with zero attached hydrogens (tertiary/aromatic N) is 1. The maximum absolute atomic E-state index is 6.13. The molecule has 158 valence electrons. The summed E-state index contributed by atoms with van der Waals surface area (Å²) in [6.07, 6.45) is 1.46. The van der Waals surface area contributed by atoms with Crippen LogP contribution in [-0.2, 0) is 4.74 Å². The Morgan fingerprint density at radius 1 is 0.966 bits per heavy atom. The molecule has 1 aliphatic heterocycles. The van der Waals surface area contributed by atoms with Crippen LogP contribution in [-0.4, -0.2) is 57.2 Å². The van der Waals surface area contributed by atoms with Crippen LogP contribution in [0.2, 0.25) is 13.1 Å². The van der Waals surface area contributed by atoms with Gasteiger partial charge in [0.25, 0.3) is 0 Å². The lowest BCUT2D eigenvalue weighted by molar-refractivity contribution is -0.0740. The molecule has 3 rings (SSSR count). The van der Waals surface area contributed by atoms with Crippen molar-refractivity contribution in [2.75, 3.05) is 25.9 Å². The normalized spacial score (nSPS) is 21.6. The zero-order chi connectivity index (χ0) is 20.9. The van der Waals surface area contributed by atoms with Crippen molar-refractivity contribution >= 4 is 13.3 Å². The van der Waals surface area contributed by atoms with Crippen molar-refractivity contribution in [1.29, 1.82) is 0 Å². The number of ether oxygens (including phenoxy) is 3. The Morgan fingerprint density at radius 3 is 2.17 bits per heavy atom. The van der Waals surface area contributed by atoms with E-state index in [9.17, 15) is 0 Å². The topological polar surface area (TPSA) is 30.9 Å². The van der Waals surface area contributed by atoms with Crippen LogP contribution in [0.25, 0.3) is 0 Å². The van der Waals surface area contributed by atoms with Crippen LogP contribution in [0, 0.1) is 0 Å². The highest BCUT2D eigenvalue weighted by Crippen LogP contribution is 2.20. The van der Waals surface area contributed by atoms with Crippen molar-refractivity contribution in [2.45, 2.75) is 52.2 Å². The molecule has 3 atom stereocenters. The van der Waals surface area contributed by atoms with Gasteiger partial charge in [0.15, 0.2) is 0 Å². The van der Waals surface area contributed by atoms with E-state index in [0.717, 1.165) is 37.4 Å². The van der Waals surface area contributed by atoms with Gasteiger partial charge in [-0.3, -0.25) is 4.90 Å². The molecule has 2 aromatic carbocycles. The summed E-state index contributed by atoms with van der Waals surface area (Å²) in [5.74, 6) is 1.79. The van der Waals surface area contributed by atoms with E-state index < -0.39 is 8.07 Å². The lowest BCUT2D eigenvalue weighted by Gasteiger charge is -2.36. The molecule has 1 fully saturated rings. The predicted molar refractivity (Wildman–Crippen MR) is 122 cm³/mol. The van der Waals surface area contributed by atoms with Gasteiger partial charge in [-0.15, -0.1) is 0 Å². The Labute approximate surface area is 176 Å². The fraction of sp³-hybridized carbons (Fsp3) is 0.500. The first kappa shape index (κ1) is 21.9. The second kappa shape index (κ2) is 9.79. The highest BCUT2D eigenvalue weighted by molar-refractivity contribution is 6.89. The van der Waals surface area contributed by atoms with Crippen LogP contribution in [0.5, 0.6) is 11.5 Å². The highest BCUT2D eigenvalue weighted by Gasteiger charge is 2.25. The van der Waals surface area contributed by atoms with Crippen molar-refractivity contribution in [3.8, 4) is 11.5 Å². The van der Waals surface area contributed by atoms with Crippen LogP contribution in [0.1, 0.15) is 20.8 Å². The molecule has 0 aromatic heterocycles. The fourth-order valence-corrected chi connectivity index (χ4v) is 5.71. The molecule has 0 radical (unpaired) electrons. The standard InChI is InChI=1S/C24H35NO3Si/c1-19-15-25(16-20(2)27-19)17-21(3)28-23-13-11-22(12-14-23)26-18-29(4,5)24-9-7-6-8-10-24/h6-14,19-21H,15-18H2,1-5H3. The maximum Gasteiger partial charge on any atom is 0.124 e. The monoisotopic (exact) mass is 413 g/mol. The molecule has 0 N–H and O–H groups in total. The molecule has 0 saturated carbocycles. The van der Waals surface area contributed by atoms with E-state index in [1.807, 2.05) is 24.3 Å². The van der Waals surface area contributed by atoms with Gasteiger partial charge in [-0.2, -0.15) is 0 Å². The number of hydrogen-bond acceptors (Lipinski definition) is 4. The lowest BCUT2D eigenvalue weighted by Crippen LogP contribution is -2.48. The number of hydrogen-bond donors (Lipinski definition) is 0. The third-order valence-corrected chi connectivity index (χ3v) is 8.09. The highest BCUT2D eigenvalue weighted by atomic mass is 28.3. The first-order chi connectivity index (χ1) is 13.8. The molecule has 0 spiro atoms. The van der Waals surface area contributed by atoms with Crippen LogP contribution in [0.15, 0.2) is 54.6 Å². The predicted octanol–water partition coefficient (Wildman–Crippen LogP) is 4.10. The molecule has 2 aromatic rings. The van der Waals surface area contributed by atoms with Gasteiger partial charge in [0, 0.05) is 19.6 Å². The van der Waals surface area contributed by atoms with Crippen molar-refractivity contribution < 1.29 is 14.2 Å². The Kier molecular flexibility index (Phi) is 7.38.